The van der Waals surface area contributed by atoms with Gasteiger partial charge in [-0.15, -0.1) is 0 Å². The lowest BCUT2D eigenvalue weighted by molar-refractivity contribution is 0.722. The minimum Gasteiger partial charge on any atom is -0.373 e. The van der Waals surface area contributed by atoms with E-state index in [1.54, 1.807) is 18.3 Å². The van der Waals surface area contributed by atoms with E-state index >= 15 is 0 Å². The van der Waals surface area contributed by atoms with Gasteiger partial charge in [0.25, 0.3) is 0 Å². The molecule has 0 radical (unpaired) electrons. The summed E-state index contributed by atoms with van der Waals surface area (Å²) in [4.78, 5) is 4.29. The summed E-state index contributed by atoms with van der Waals surface area (Å²) in [6.07, 6.45) is 3.66. The Bertz CT molecular complexity index is 545. The number of imidazole rings is 1. The fraction of sp³-hybridized carbons (Fsp3) is 0.250. The zero-order valence-electron chi connectivity index (χ0n) is 9.92. The molecule has 96 valence electrons. The number of aromatic nitrogens is 2. The van der Waals surface area contributed by atoms with E-state index < -0.39 is 0 Å². The second-order valence-electron chi connectivity index (χ2n) is 4.01. The standard InChI is InChI=1S/C12H12BrCl2N3/c1-7(12-16-3-4-18(12)2)17-11-9(14)5-8(13)6-10(11)15/h3-7,17H,1-2H3. The number of rotatable bonds is 3. The van der Waals surface area contributed by atoms with Crippen molar-refractivity contribution in [2.24, 2.45) is 7.05 Å². The van der Waals surface area contributed by atoms with Gasteiger partial charge in [0.05, 0.1) is 21.8 Å². The Morgan fingerprint density at radius 3 is 2.44 bits per heavy atom. The Kier molecular flexibility index (Phi) is 4.20. The van der Waals surface area contributed by atoms with E-state index in [1.807, 2.05) is 24.7 Å². The molecule has 0 aliphatic rings. The molecule has 2 aromatic rings. The Hall–Kier alpha value is -0.710. The van der Waals surface area contributed by atoms with Gasteiger partial charge in [-0.25, -0.2) is 4.98 Å². The zero-order valence-corrected chi connectivity index (χ0v) is 13.0. The van der Waals surface area contributed by atoms with E-state index in [0.29, 0.717) is 10.0 Å². The first-order valence-electron chi connectivity index (χ1n) is 5.37. The summed E-state index contributed by atoms with van der Waals surface area (Å²) in [5.74, 6) is 0.921. The smallest absolute Gasteiger partial charge is 0.130 e. The molecular formula is C12H12BrCl2N3. The number of nitrogens with one attached hydrogen (secondary N) is 1. The molecule has 0 aliphatic heterocycles. The summed E-state index contributed by atoms with van der Waals surface area (Å²) in [6, 6.07) is 3.63. The highest BCUT2D eigenvalue weighted by Crippen LogP contribution is 2.35. The highest BCUT2D eigenvalue weighted by Gasteiger charge is 2.14. The van der Waals surface area contributed by atoms with Gasteiger partial charge in [0.2, 0.25) is 0 Å². The van der Waals surface area contributed by atoms with Crippen LogP contribution in [0.4, 0.5) is 5.69 Å². The molecule has 1 unspecified atom stereocenters. The molecule has 0 amide bonds. The maximum Gasteiger partial charge on any atom is 0.130 e. The minimum absolute atomic E-state index is 0.0150. The average Bonchev–Trinajstić information content (AvgIpc) is 2.69. The van der Waals surface area contributed by atoms with Crippen molar-refractivity contribution in [2.75, 3.05) is 5.32 Å². The molecule has 6 heteroatoms. The first-order chi connectivity index (χ1) is 8.49. The molecule has 18 heavy (non-hydrogen) atoms. The van der Waals surface area contributed by atoms with Crippen LogP contribution in [0.15, 0.2) is 29.0 Å². The molecule has 0 fully saturated rings. The summed E-state index contributed by atoms with van der Waals surface area (Å²) in [5, 5.41) is 4.44. The van der Waals surface area contributed by atoms with Gasteiger partial charge in [0, 0.05) is 23.9 Å². The number of nitrogens with zero attached hydrogens (tertiary/aromatic N) is 2. The second-order valence-corrected chi connectivity index (χ2v) is 5.74. The van der Waals surface area contributed by atoms with Crippen molar-refractivity contribution in [1.82, 2.24) is 9.55 Å². The Morgan fingerprint density at radius 1 is 1.33 bits per heavy atom. The molecule has 0 aliphatic carbocycles. The van der Waals surface area contributed by atoms with Gasteiger partial charge >= 0.3 is 0 Å². The number of anilines is 1. The van der Waals surface area contributed by atoms with E-state index in [2.05, 4.69) is 26.2 Å². The average molecular weight is 349 g/mol. The Morgan fingerprint density at radius 2 is 1.94 bits per heavy atom. The lowest BCUT2D eigenvalue weighted by Gasteiger charge is -2.17. The molecule has 0 spiro atoms. The third kappa shape index (κ3) is 2.82. The van der Waals surface area contributed by atoms with Crippen LogP contribution in [0.3, 0.4) is 0 Å². The molecule has 3 nitrogen and oxygen atoms in total. The van der Waals surface area contributed by atoms with Gasteiger partial charge in [0.1, 0.15) is 5.82 Å². The minimum atomic E-state index is 0.0150. The molecule has 2 rings (SSSR count). The largest absolute Gasteiger partial charge is 0.373 e. The molecule has 1 aromatic carbocycles. The number of benzene rings is 1. The van der Waals surface area contributed by atoms with Gasteiger partial charge in [-0.1, -0.05) is 39.1 Å². The normalized spacial score (nSPS) is 12.5. The van der Waals surface area contributed by atoms with Crippen LogP contribution in [0.5, 0.6) is 0 Å². The molecule has 1 N–H and O–H groups in total. The molecule has 0 bridgehead atoms. The van der Waals surface area contributed by atoms with Crippen molar-refractivity contribution < 1.29 is 0 Å². The first-order valence-corrected chi connectivity index (χ1v) is 6.92. The molecular weight excluding hydrogens is 337 g/mol. The van der Waals surface area contributed by atoms with Crippen molar-refractivity contribution in [2.45, 2.75) is 13.0 Å². The maximum atomic E-state index is 6.18. The third-order valence-corrected chi connectivity index (χ3v) is 3.67. The predicted molar refractivity (Wildman–Crippen MR) is 79.4 cm³/mol. The van der Waals surface area contributed by atoms with Crippen molar-refractivity contribution in [3.8, 4) is 0 Å². The summed E-state index contributed by atoms with van der Waals surface area (Å²) in [7, 11) is 1.95. The van der Waals surface area contributed by atoms with E-state index in [1.165, 1.54) is 0 Å². The summed E-state index contributed by atoms with van der Waals surface area (Å²) in [5.41, 5.74) is 0.719. The Labute approximate surface area is 124 Å². The van der Waals surface area contributed by atoms with Crippen LogP contribution in [0, 0.1) is 0 Å². The van der Waals surface area contributed by atoms with E-state index in [9.17, 15) is 0 Å². The molecule has 0 saturated heterocycles. The van der Waals surface area contributed by atoms with Gasteiger partial charge in [-0.05, 0) is 19.1 Å². The maximum absolute atomic E-state index is 6.18. The molecule has 1 atom stereocenters. The second kappa shape index (κ2) is 5.51. The summed E-state index contributed by atoms with van der Waals surface area (Å²) >= 11 is 15.7. The van der Waals surface area contributed by atoms with Crippen LogP contribution in [-0.2, 0) is 7.05 Å². The third-order valence-electron chi connectivity index (χ3n) is 2.61. The van der Waals surface area contributed by atoms with Gasteiger partial charge in [-0.2, -0.15) is 0 Å². The van der Waals surface area contributed by atoms with Crippen LogP contribution >= 0.6 is 39.1 Å². The Balaban J connectivity index is 2.27. The number of halogens is 3. The highest BCUT2D eigenvalue weighted by molar-refractivity contribution is 9.10. The summed E-state index contributed by atoms with van der Waals surface area (Å²) < 4.78 is 2.81. The monoisotopic (exact) mass is 347 g/mol. The van der Waals surface area contributed by atoms with Crippen LogP contribution in [0.2, 0.25) is 10.0 Å². The highest BCUT2D eigenvalue weighted by atomic mass is 79.9. The molecule has 1 heterocycles. The predicted octanol–water partition coefficient (Wildman–Crippen LogP) is 4.66. The zero-order chi connectivity index (χ0) is 13.3. The number of hydrogen-bond acceptors (Lipinski definition) is 2. The molecule has 0 saturated carbocycles. The van der Waals surface area contributed by atoms with Crippen LogP contribution in [0.1, 0.15) is 18.8 Å². The van der Waals surface area contributed by atoms with Crippen molar-refractivity contribution in [3.63, 3.8) is 0 Å². The fourth-order valence-corrected chi connectivity index (χ4v) is 3.07. The van der Waals surface area contributed by atoms with Crippen molar-refractivity contribution in [3.05, 3.63) is 44.9 Å². The topological polar surface area (TPSA) is 29.9 Å². The van der Waals surface area contributed by atoms with Gasteiger partial charge in [-0.3, -0.25) is 0 Å². The number of hydrogen-bond donors (Lipinski definition) is 1. The lowest BCUT2D eigenvalue weighted by atomic mass is 10.2. The van der Waals surface area contributed by atoms with Crippen molar-refractivity contribution in [1.29, 1.82) is 0 Å². The lowest BCUT2D eigenvalue weighted by Crippen LogP contribution is -2.12. The first kappa shape index (κ1) is 13.7. The summed E-state index contributed by atoms with van der Waals surface area (Å²) in [6.45, 7) is 2.01. The quantitative estimate of drug-likeness (QED) is 0.873. The SMILES string of the molecule is CC(Nc1c(Cl)cc(Br)cc1Cl)c1nccn1C. The fourth-order valence-electron chi connectivity index (χ4n) is 1.76. The van der Waals surface area contributed by atoms with Gasteiger partial charge < -0.3 is 9.88 Å². The van der Waals surface area contributed by atoms with Crippen LogP contribution in [0.25, 0.3) is 0 Å². The molecule has 1 aromatic heterocycles. The van der Waals surface area contributed by atoms with E-state index in [4.69, 9.17) is 23.2 Å². The van der Waals surface area contributed by atoms with Crippen LogP contribution in [-0.4, -0.2) is 9.55 Å². The number of aryl methyl sites for hydroxylation is 1. The van der Waals surface area contributed by atoms with E-state index in [-0.39, 0.29) is 6.04 Å². The van der Waals surface area contributed by atoms with Gasteiger partial charge in [0.15, 0.2) is 0 Å². The van der Waals surface area contributed by atoms with Crippen molar-refractivity contribution >= 4 is 44.8 Å². The van der Waals surface area contributed by atoms with E-state index in [0.717, 1.165) is 16.0 Å². The van der Waals surface area contributed by atoms with Crippen LogP contribution < -0.4 is 5.32 Å².